The van der Waals surface area contributed by atoms with Gasteiger partial charge in [0.25, 0.3) is 6.71 Å². The summed E-state index contributed by atoms with van der Waals surface area (Å²) in [5.41, 5.74) is 22.6. The molecule has 0 N–H and O–H groups in total. The molecule has 0 unspecified atom stereocenters. The lowest BCUT2D eigenvalue weighted by Gasteiger charge is -2.41. The summed E-state index contributed by atoms with van der Waals surface area (Å²) in [6, 6.07) is 69.1. The lowest BCUT2D eigenvalue weighted by molar-refractivity contribution is 0.590. The third kappa shape index (κ3) is 5.17. The standard InChI is InChI=1S/C60H48BN3/c1-59(2,3)38-26-30-41(31-27-38)62(42-32-28-39(29-33-42)60(4,5)6)43-35-52-57-53(36-43)64-51-25-15-22-47-45-20-11-10-19-44(45)46-21-14-16-37-34-49(58(64)56(54(37)46)55(47)51)61(57)48-23-12-13-24-50(48)63(52)40-17-8-7-9-18-40/h7-36H,1-6H3. The van der Waals surface area contributed by atoms with E-state index in [1.54, 1.807) is 0 Å². The number of benzene rings is 9. The van der Waals surface area contributed by atoms with E-state index < -0.39 is 0 Å². The molecule has 2 aliphatic heterocycles. The number of rotatable bonds is 4. The predicted octanol–water partition coefficient (Wildman–Crippen LogP) is 14.3. The Morgan fingerprint density at radius 1 is 0.422 bits per heavy atom. The Morgan fingerprint density at radius 2 is 0.984 bits per heavy atom. The molecule has 1 aromatic heterocycles. The van der Waals surface area contributed by atoms with Gasteiger partial charge in [0.15, 0.2) is 0 Å². The highest BCUT2D eigenvalue weighted by Crippen LogP contribution is 2.52. The molecule has 3 aliphatic rings. The summed E-state index contributed by atoms with van der Waals surface area (Å²) in [7, 11) is 0. The molecule has 0 saturated heterocycles. The van der Waals surface area contributed by atoms with E-state index in [9.17, 15) is 0 Å². The number of hydrogen-bond acceptors (Lipinski definition) is 2. The minimum Gasteiger partial charge on any atom is -0.311 e. The van der Waals surface area contributed by atoms with Crippen LogP contribution >= 0.6 is 0 Å². The second-order valence-electron chi connectivity index (χ2n) is 20.2. The second-order valence-corrected chi connectivity index (χ2v) is 20.2. The topological polar surface area (TPSA) is 11.4 Å². The number of para-hydroxylation sites is 2. The van der Waals surface area contributed by atoms with Crippen LogP contribution in [0.3, 0.4) is 0 Å². The molecule has 3 heterocycles. The van der Waals surface area contributed by atoms with E-state index in [-0.39, 0.29) is 17.5 Å². The molecule has 0 atom stereocenters. The maximum absolute atomic E-state index is 2.65. The highest BCUT2D eigenvalue weighted by atomic mass is 15.2. The Labute approximate surface area is 375 Å². The second kappa shape index (κ2) is 13.1. The van der Waals surface area contributed by atoms with Gasteiger partial charge in [-0.15, -0.1) is 0 Å². The van der Waals surface area contributed by atoms with E-state index in [1.807, 2.05) is 0 Å². The van der Waals surface area contributed by atoms with Gasteiger partial charge < -0.3 is 14.4 Å². The lowest BCUT2D eigenvalue weighted by Crippen LogP contribution is -2.60. The number of fused-ring (bicyclic) bond motifs is 8. The molecule has 9 aromatic carbocycles. The Kier molecular flexibility index (Phi) is 7.64. The number of anilines is 6. The third-order valence-corrected chi connectivity index (χ3v) is 14.4. The quantitative estimate of drug-likeness (QED) is 0.164. The van der Waals surface area contributed by atoms with Crippen molar-refractivity contribution in [3.63, 3.8) is 0 Å². The van der Waals surface area contributed by atoms with Crippen LogP contribution in [0.25, 0.3) is 60.5 Å². The van der Waals surface area contributed by atoms with Crippen LogP contribution in [0.2, 0.25) is 0 Å². The van der Waals surface area contributed by atoms with E-state index in [2.05, 4.69) is 238 Å². The Hall–Kier alpha value is -7.30. The van der Waals surface area contributed by atoms with E-state index in [4.69, 9.17) is 0 Å². The predicted molar refractivity (Wildman–Crippen MR) is 274 cm³/mol. The molecule has 64 heavy (non-hydrogen) atoms. The van der Waals surface area contributed by atoms with Crippen LogP contribution in [-0.4, -0.2) is 11.3 Å². The number of nitrogens with zero attached hydrogens (tertiary/aromatic N) is 3. The van der Waals surface area contributed by atoms with Gasteiger partial charge in [0, 0.05) is 44.9 Å². The van der Waals surface area contributed by atoms with Crippen molar-refractivity contribution in [2.75, 3.05) is 9.80 Å². The molecular weight excluding hydrogens is 773 g/mol. The first kappa shape index (κ1) is 37.3. The zero-order valence-corrected chi connectivity index (χ0v) is 37.2. The fourth-order valence-electron chi connectivity index (χ4n) is 11.4. The maximum Gasteiger partial charge on any atom is 0.252 e. The van der Waals surface area contributed by atoms with Crippen molar-refractivity contribution < 1.29 is 0 Å². The van der Waals surface area contributed by atoms with Gasteiger partial charge in [0.05, 0.1) is 16.7 Å². The summed E-state index contributed by atoms with van der Waals surface area (Å²) in [6.07, 6.45) is 0. The van der Waals surface area contributed by atoms with Crippen LogP contribution in [0.4, 0.5) is 34.1 Å². The first-order chi connectivity index (χ1) is 31.0. The van der Waals surface area contributed by atoms with Gasteiger partial charge >= 0.3 is 0 Å². The van der Waals surface area contributed by atoms with E-state index >= 15 is 0 Å². The minimum absolute atomic E-state index is 0.0137. The van der Waals surface area contributed by atoms with E-state index in [0.717, 1.165) is 22.7 Å². The summed E-state index contributed by atoms with van der Waals surface area (Å²) in [4.78, 5) is 5.01. The lowest BCUT2D eigenvalue weighted by atomic mass is 9.33. The number of aromatic nitrogens is 1. The molecule has 0 saturated carbocycles. The molecular formula is C60H48BN3. The molecule has 0 radical (unpaired) electrons. The number of hydrogen-bond donors (Lipinski definition) is 0. The van der Waals surface area contributed by atoms with Crippen molar-refractivity contribution in [3.8, 4) is 27.9 Å². The fraction of sp³-hybridized carbons (Fsp3) is 0.133. The van der Waals surface area contributed by atoms with Gasteiger partial charge in [0.2, 0.25) is 0 Å². The molecule has 306 valence electrons. The SMILES string of the molecule is CC(C)(C)c1ccc(N(c2ccc(C(C)(C)C)cc2)c2cc3c4c(c2)-n2c5cccc6c5c5c7c(cccc7cc(c52)B4c2ccccc2N3c2ccccc2)-c2ccccc2-6)cc1. The van der Waals surface area contributed by atoms with Gasteiger partial charge in [0.1, 0.15) is 0 Å². The average Bonchev–Trinajstić information content (AvgIpc) is 3.60. The summed E-state index contributed by atoms with van der Waals surface area (Å²) >= 11 is 0. The first-order valence-electron chi connectivity index (χ1n) is 22.8. The van der Waals surface area contributed by atoms with Gasteiger partial charge in [-0.2, -0.15) is 0 Å². The van der Waals surface area contributed by atoms with Crippen molar-refractivity contribution in [1.29, 1.82) is 0 Å². The summed E-state index contributed by atoms with van der Waals surface area (Å²) < 4.78 is 2.65. The van der Waals surface area contributed by atoms with Crippen LogP contribution in [0.1, 0.15) is 52.7 Å². The van der Waals surface area contributed by atoms with Gasteiger partial charge in [-0.3, -0.25) is 0 Å². The van der Waals surface area contributed by atoms with Crippen LogP contribution in [0.15, 0.2) is 182 Å². The maximum atomic E-state index is 2.65. The first-order valence-corrected chi connectivity index (χ1v) is 22.8. The Balaban J connectivity index is 1.19. The normalized spacial score (nSPS) is 13.4. The van der Waals surface area contributed by atoms with Gasteiger partial charge in [-0.1, -0.05) is 163 Å². The molecule has 0 fully saturated rings. The highest BCUT2D eigenvalue weighted by Gasteiger charge is 2.44. The molecule has 0 amide bonds. The molecule has 13 rings (SSSR count). The van der Waals surface area contributed by atoms with Crippen molar-refractivity contribution in [2.45, 2.75) is 52.4 Å². The van der Waals surface area contributed by atoms with Crippen molar-refractivity contribution in [1.82, 2.24) is 4.57 Å². The van der Waals surface area contributed by atoms with Crippen molar-refractivity contribution in [2.24, 2.45) is 0 Å². The zero-order valence-electron chi connectivity index (χ0n) is 37.2. The summed E-state index contributed by atoms with van der Waals surface area (Å²) in [6.45, 7) is 13.8. The fourth-order valence-corrected chi connectivity index (χ4v) is 11.4. The van der Waals surface area contributed by atoms with Crippen LogP contribution < -0.4 is 26.2 Å². The zero-order chi connectivity index (χ0) is 43.2. The summed E-state index contributed by atoms with van der Waals surface area (Å²) in [5.74, 6) is 0. The minimum atomic E-state index is 0.0137. The van der Waals surface area contributed by atoms with Crippen LogP contribution in [0.5, 0.6) is 0 Å². The average molecular weight is 822 g/mol. The molecule has 1 aliphatic carbocycles. The van der Waals surface area contributed by atoms with Gasteiger partial charge in [-0.05, 0) is 132 Å². The van der Waals surface area contributed by atoms with Crippen molar-refractivity contribution >= 4 is 89.8 Å². The smallest absolute Gasteiger partial charge is 0.252 e. The van der Waals surface area contributed by atoms with E-state index in [0.29, 0.717) is 0 Å². The summed E-state index contributed by atoms with van der Waals surface area (Å²) in [5, 5.41) is 5.33. The molecule has 4 heteroatoms. The Bertz CT molecular complexity index is 3510. The molecule has 10 aromatic rings. The third-order valence-electron chi connectivity index (χ3n) is 14.4. The Morgan fingerprint density at radius 3 is 1.64 bits per heavy atom. The highest BCUT2D eigenvalue weighted by molar-refractivity contribution is 7.00. The van der Waals surface area contributed by atoms with Crippen LogP contribution in [-0.2, 0) is 10.8 Å². The largest absolute Gasteiger partial charge is 0.311 e. The van der Waals surface area contributed by atoms with Gasteiger partial charge in [-0.25, -0.2) is 0 Å². The monoisotopic (exact) mass is 821 g/mol. The molecule has 0 bridgehead atoms. The molecule has 3 nitrogen and oxygen atoms in total. The van der Waals surface area contributed by atoms with E-state index in [1.165, 1.54) is 99.4 Å². The van der Waals surface area contributed by atoms with Crippen LogP contribution in [0, 0.1) is 0 Å². The molecule has 0 spiro atoms. The van der Waals surface area contributed by atoms with Crippen molar-refractivity contribution in [3.05, 3.63) is 193 Å².